The van der Waals surface area contributed by atoms with E-state index in [1.165, 1.54) is 0 Å². The van der Waals surface area contributed by atoms with E-state index in [0.29, 0.717) is 28.4 Å². The Balaban J connectivity index is 1.53. The van der Waals surface area contributed by atoms with Crippen molar-refractivity contribution in [3.8, 4) is 11.5 Å². The third-order valence-corrected chi connectivity index (χ3v) is 5.21. The number of methoxy groups -OCH3 is 1. The van der Waals surface area contributed by atoms with Gasteiger partial charge in [0.1, 0.15) is 11.5 Å². The second-order valence-electron chi connectivity index (χ2n) is 6.49. The lowest BCUT2D eigenvalue weighted by Gasteiger charge is -2.12. The molecule has 0 aromatic heterocycles. The number of carbonyl (C=O) groups excluding carboxylic acids is 2. The van der Waals surface area contributed by atoms with Crippen molar-refractivity contribution in [2.24, 2.45) is 0 Å². The van der Waals surface area contributed by atoms with Crippen LogP contribution in [0.25, 0.3) is 0 Å². The van der Waals surface area contributed by atoms with Crippen LogP contribution < -0.4 is 25.4 Å². The number of hydrogen-bond donors (Lipinski definition) is 3. The first kappa shape index (κ1) is 23.5. The summed E-state index contributed by atoms with van der Waals surface area (Å²) in [7, 11) is 1.57. The minimum atomic E-state index is -0.342. The number of carbonyl (C=O) groups is 2. The second kappa shape index (κ2) is 11.4. The van der Waals surface area contributed by atoms with Gasteiger partial charge in [-0.05, 0) is 83.3 Å². The molecule has 3 aromatic carbocycles. The van der Waals surface area contributed by atoms with Crippen molar-refractivity contribution < 1.29 is 19.1 Å². The van der Waals surface area contributed by atoms with E-state index in [0.717, 1.165) is 3.57 Å². The summed E-state index contributed by atoms with van der Waals surface area (Å²) in [6, 6.07) is 21.2. The first-order chi connectivity index (χ1) is 15.4. The number of amides is 2. The van der Waals surface area contributed by atoms with Crippen molar-refractivity contribution in [3.63, 3.8) is 0 Å². The van der Waals surface area contributed by atoms with Crippen LogP contribution in [0.1, 0.15) is 10.4 Å². The topological polar surface area (TPSA) is 88.7 Å². The molecule has 0 radical (unpaired) electrons. The molecule has 9 heteroatoms. The van der Waals surface area contributed by atoms with Crippen LogP contribution in [-0.2, 0) is 4.79 Å². The molecule has 0 aliphatic heterocycles. The Morgan fingerprint density at radius 1 is 0.938 bits per heavy atom. The zero-order valence-corrected chi connectivity index (χ0v) is 20.0. The number of rotatable bonds is 7. The lowest BCUT2D eigenvalue weighted by molar-refractivity contribution is -0.118. The number of hydrogen-bond acceptors (Lipinski definition) is 5. The lowest BCUT2D eigenvalue weighted by Crippen LogP contribution is -2.34. The van der Waals surface area contributed by atoms with Crippen LogP contribution in [0.5, 0.6) is 11.5 Å². The fourth-order valence-corrected chi connectivity index (χ4v) is 3.63. The van der Waals surface area contributed by atoms with Crippen molar-refractivity contribution in [1.82, 2.24) is 5.32 Å². The molecule has 0 aliphatic carbocycles. The highest BCUT2D eigenvalue weighted by Gasteiger charge is 2.11. The molecular weight excluding hydrogens is 541 g/mol. The zero-order valence-electron chi connectivity index (χ0n) is 17.1. The minimum Gasteiger partial charge on any atom is -0.496 e. The molecule has 0 bridgehead atoms. The molecule has 0 atom stereocenters. The van der Waals surface area contributed by atoms with Gasteiger partial charge < -0.3 is 20.1 Å². The average Bonchev–Trinajstić information content (AvgIpc) is 2.78. The molecular formula is C23H20IN3O4S. The van der Waals surface area contributed by atoms with E-state index in [-0.39, 0.29) is 23.5 Å². The van der Waals surface area contributed by atoms with Crippen molar-refractivity contribution in [2.75, 3.05) is 24.4 Å². The van der Waals surface area contributed by atoms with E-state index in [4.69, 9.17) is 21.7 Å². The van der Waals surface area contributed by atoms with Gasteiger partial charge >= 0.3 is 0 Å². The van der Waals surface area contributed by atoms with E-state index >= 15 is 0 Å². The normalized spacial score (nSPS) is 10.1. The third kappa shape index (κ3) is 6.92. The third-order valence-electron chi connectivity index (χ3n) is 4.16. The molecule has 0 fully saturated rings. The van der Waals surface area contributed by atoms with Gasteiger partial charge in [-0.1, -0.05) is 24.3 Å². The van der Waals surface area contributed by atoms with Gasteiger partial charge in [0.05, 0.1) is 10.7 Å². The SMILES string of the molecule is COc1ccc(C(=O)NC(=S)Nc2cccc(NC(=O)COc3ccccc3)c2)cc1I. The molecule has 0 saturated heterocycles. The van der Waals surface area contributed by atoms with Crippen LogP contribution in [0.4, 0.5) is 11.4 Å². The molecule has 32 heavy (non-hydrogen) atoms. The molecule has 0 unspecified atom stereocenters. The van der Waals surface area contributed by atoms with Crippen molar-refractivity contribution in [3.05, 3.63) is 81.9 Å². The fourth-order valence-electron chi connectivity index (χ4n) is 2.68. The Morgan fingerprint density at radius 2 is 1.66 bits per heavy atom. The Hall–Kier alpha value is -3.18. The van der Waals surface area contributed by atoms with E-state index in [2.05, 4.69) is 38.5 Å². The maximum atomic E-state index is 12.4. The number of benzene rings is 3. The molecule has 2 amide bonds. The molecule has 0 aliphatic rings. The number of nitrogens with one attached hydrogen (secondary N) is 3. The van der Waals surface area contributed by atoms with Gasteiger partial charge in [0.2, 0.25) is 0 Å². The van der Waals surface area contributed by atoms with Crippen molar-refractivity contribution in [1.29, 1.82) is 0 Å². The summed E-state index contributed by atoms with van der Waals surface area (Å²) in [4.78, 5) is 24.6. The molecule has 7 nitrogen and oxygen atoms in total. The van der Waals surface area contributed by atoms with Crippen LogP contribution in [-0.4, -0.2) is 30.6 Å². The van der Waals surface area contributed by atoms with Gasteiger partial charge in [0.25, 0.3) is 11.8 Å². The summed E-state index contributed by atoms with van der Waals surface area (Å²) in [5.74, 6) is 0.670. The molecule has 0 heterocycles. The maximum absolute atomic E-state index is 12.4. The van der Waals surface area contributed by atoms with Crippen LogP contribution in [0, 0.1) is 3.57 Å². The van der Waals surface area contributed by atoms with E-state index in [1.807, 2.05) is 18.2 Å². The molecule has 0 spiro atoms. The van der Waals surface area contributed by atoms with Crippen LogP contribution >= 0.6 is 34.8 Å². The van der Waals surface area contributed by atoms with Crippen LogP contribution in [0.15, 0.2) is 72.8 Å². The summed E-state index contributed by atoms with van der Waals surface area (Å²) < 4.78 is 11.5. The van der Waals surface area contributed by atoms with Gasteiger partial charge in [0.15, 0.2) is 11.7 Å². The van der Waals surface area contributed by atoms with Gasteiger partial charge in [-0.15, -0.1) is 0 Å². The zero-order chi connectivity index (χ0) is 22.9. The summed E-state index contributed by atoms with van der Waals surface area (Å²) in [5.41, 5.74) is 1.63. The average molecular weight is 561 g/mol. The number of ether oxygens (including phenoxy) is 2. The maximum Gasteiger partial charge on any atom is 0.262 e. The molecule has 3 N–H and O–H groups in total. The Kier molecular flexibility index (Phi) is 8.40. The molecule has 0 saturated carbocycles. The summed E-state index contributed by atoms with van der Waals surface area (Å²) in [6.45, 7) is -0.114. The second-order valence-corrected chi connectivity index (χ2v) is 8.06. The molecule has 164 valence electrons. The van der Waals surface area contributed by atoms with Gasteiger partial charge in [-0.25, -0.2) is 0 Å². The monoisotopic (exact) mass is 561 g/mol. The minimum absolute atomic E-state index is 0.114. The molecule has 3 aromatic rings. The van der Waals surface area contributed by atoms with Crippen LogP contribution in [0.2, 0.25) is 0 Å². The van der Waals surface area contributed by atoms with Gasteiger partial charge in [0, 0.05) is 16.9 Å². The quantitative estimate of drug-likeness (QED) is 0.292. The van der Waals surface area contributed by atoms with E-state index in [1.54, 1.807) is 61.7 Å². The Morgan fingerprint density at radius 3 is 2.34 bits per heavy atom. The highest BCUT2D eigenvalue weighted by molar-refractivity contribution is 14.1. The molecule has 3 rings (SSSR count). The Labute approximate surface area is 204 Å². The predicted molar refractivity (Wildman–Crippen MR) is 136 cm³/mol. The number of para-hydroxylation sites is 1. The fraction of sp³-hybridized carbons (Fsp3) is 0.0870. The number of anilines is 2. The first-order valence-corrected chi connectivity index (χ1v) is 11.0. The largest absolute Gasteiger partial charge is 0.496 e. The van der Waals surface area contributed by atoms with Crippen LogP contribution in [0.3, 0.4) is 0 Å². The summed E-state index contributed by atoms with van der Waals surface area (Å²) in [6.07, 6.45) is 0. The summed E-state index contributed by atoms with van der Waals surface area (Å²) in [5, 5.41) is 8.48. The van der Waals surface area contributed by atoms with Crippen molar-refractivity contribution >= 4 is 63.1 Å². The smallest absolute Gasteiger partial charge is 0.262 e. The van der Waals surface area contributed by atoms with Crippen molar-refractivity contribution in [2.45, 2.75) is 0 Å². The van der Waals surface area contributed by atoms with Gasteiger partial charge in [-0.3, -0.25) is 14.9 Å². The van der Waals surface area contributed by atoms with Gasteiger partial charge in [-0.2, -0.15) is 0 Å². The predicted octanol–water partition coefficient (Wildman–Crippen LogP) is 4.44. The van der Waals surface area contributed by atoms with E-state index < -0.39 is 0 Å². The standard InChI is InChI=1S/C23H20IN3O4S/c1-30-20-11-10-15(12-19(20)24)22(29)27-23(32)26-17-7-5-6-16(13-17)25-21(28)14-31-18-8-3-2-4-9-18/h2-13H,14H2,1H3,(H,25,28)(H2,26,27,29,32). The number of thiocarbonyl (C=S) groups is 1. The van der Waals surface area contributed by atoms with E-state index in [9.17, 15) is 9.59 Å². The highest BCUT2D eigenvalue weighted by Crippen LogP contribution is 2.21. The first-order valence-electron chi connectivity index (χ1n) is 9.48. The highest BCUT2D eigenvalue weighted by atomic mass is 127. The number of halogens is 1. The Bertz CT molecular complexity index is 1130. The summed E-state index contributed by atoms with van der Waals surface area (Å²) >= 11 is 7.34. The lowest BCUT2D eigenvalue weighted by atomic mass is 10.2.